The molecular formula is C18H14N4O4. The first kappa shape index (κ1) is 17.0. The van der Waals surface area contributed by atoms with Crippen molar-refractivity contribution in [2.75, 3.05) is 11.9 Å². The van der Waals surface area contributed by atoms with Crippen molar-refractivity contribution >= 4 is 17.6 Å². The molecule has 0 aliphatic rings. The van der Waals surface area contributed by atoms with Crippen LogP contribution in [0.15, 0.2) is 59.3 Å². The first-order valence-corrected chi connectivity index (χ1v) is 7.67. The number of esters is 1. The molecule has 1 N–H and O–H groups in total. The predicted octanol–water partition coefficient (Wildman–Crippen LogP) is 2.19. The summed E-state index contributed by atoms with van der Waals surface area (Å²) >= 11 is 0. The van der Waals surface area contributed by atoms with Crippen LogP contribution in [0.2, 0.25) is 0 Å². The van der Waals surface area contributed by atoms with E-state index in [0.717, 1.165) is 0 Å². The maximum Gasteiger partial charge on any atom is 0.374 e. The number of nitriles is 1. The number of amides is 1. The Kier molecular flexibility index (Phi) is 5.10. The Labute approximate surface area is 148 Å². The quantitative estimate of drug-likeness (QED) is 0.682. The van der Waals surface area contributed by atoms with Gasteiger partial charge in [0, 0.05) is 18.1 Å². The van der Waals surface area contributed by atoms with Gasteiger partial charge < -0.3 is 14.5 Å². The molecule has 8 heteroatoms. The molecule has 8 nitrogen and oxygen atoms in total. The third kappa shape index (κ3) is 4.36. The van der Waals surface area contributed by atoms with Crippen molar-refractivity contribution in [3.63, 3.8) is 0 Å². The van der Waals surface area contributed by atoms with Gasteiger partial charge in [0.1, 0.15) is 5.76 Å². The van der Waals surface area contributed by atoms with E-state index in [4.69, 9.17) is 14.4 Å². The molecule has 3 rings (SSSR count). The second-order valence-corrected chi connectivity index (χ2v) is 5.29. The van der Waals surface area contributed by atoms with Crippen molar-refractivity contribution in [2.45, 2.75) is 6.54 Å². The van der Waals surface area contributed by atoms with E-state index in [1.54, 1.807) is 47.4 Å². The maximum absolute atomic E-state index is 12.0. The van der Waals surface area contributed by atoms with Gasteiger partial charge in [-0.3, -0.25) is 9.48 Å². The van der Waals surface area contributed by atoms with Gasteiger partial charge >= 0.3 is 5.97 Å². The summed E-state index contributed by atoms with van der Waals surface area (Å²) in [6.45, 7) is -0.0825. The predicted molar refractivity (Wildman–Crippen MR) is 90.1 cm³/mol. The van der Waals surface area contributed by atoms with E-state index in [1.165, 1.54) is 12.1 Å². The average molecular weight is 350 g/mol. The Hall–Kier alpha value is -3.86. The van der Waals surface area contributed by atoms with Gasteiger partial charge in [-0.1, -0.05) is 6.07 Å². The van der Waals surface area contributed by atoms with E-state index in [1.807, 2.05) is 6.07 Å². The molecule has 0 fully saturated rings. The van der Waals surface area contributed by atoms with Crippen molar-refractivity contribution in [1.29, 1.82) is 5.26 Å². The molecule has 0 saturated heterocycles. The lowest BCUT2D eigenvalue weighted by molar-refractivity contribution is -0.119. The van der Waals surface area contributed by atoms with Crippen molar-refractivity contribution < 1.29 is 18.7 Å². The molecule has 1 amide bonds. The summed E-state index contributed by atoms with van der Waals surface area (Å²) in [4.78, 5) is 23.8. The number of benzene rings is 1. The second-order valence-electron chi connectivity index (χ2n) is 5.29. The second kappa shape index (κ2) is 7.81. The molecular weight excluding hydrogens is 336 g/mol. The molecule has 3 aromatic rings. The highest BCUT2D eigenvalue weighted by Crippen LogP contribution is 2.12. The summed E-state index contributed by atoms with van der Waals surface area (Å²) in [5, 5.41) is 15.4. The van der Waals surface area contributed by atoms with Gasteiger partial charge in [-0.15, -0.1) is 0 Å². The van der Waals surface area contributed by atoms with E-state index >= 15 is 0 Å². The molecule has 0 bridgehead atoms. The zero-order chi connectivity index (χ0) is 18.4. The molecule has 0 saturated carbocycles. The fourth-order valence-corrected chi connectivity index (χ4v) is 2.19. The van der Waals surface area contributed by atoms with Gasteiger partial charge in [0.15, 0.2) is 6.61 Å². The standard InChI is InChI=1S/C18H14N4O4/c19-10-13-3-1-4-14(9-13)21-17(23)12-25-18(24)16-6-5-15(26-16)11-22-8-2-7-20-22/h1-9H,11-12H2,(H,21,23). The number of hydrogen-bond acceptors (Lipinski definition) is 6. The van der Waals surface area contributed by atoms with Crippen molar-refractivity contribution in [1.82, 2.24) is 9.78 Å². The minimum absolute atomic E-state index is 0.00596. The lowest BCUT2D eigenvalue weighted by Gasteiger charge is -2.06. The van der Waals surface area contributed by atoms with Crippen molar-refractivity contribution in [3.05, 3.63) is 71.9 Å². The number of anilines is 1. The normalized spacial score (nSPS) is 10.1. The molecule has 0 aliphatic heterocycles. The van der Waals surface area contributed by atoms with Crippen LogP contribution >= 0.6 is 0 Å². The third-order valence-electron chi connectivity index (χ3n) is 3.35. The number of nitrogens with one attached hydrogen (secondary N) is 1. The molecule has 0 unspecified atom stereocenters. The molecule has 2 aromatic heterocycles. The minimum atomic E-state index is -0.738. The van der Waals surface area contributed by atoms with Gasteiger partial charge in [-0.2, -0.15) is 10.4 Å². The van der Waals surface area contributed by atoms with Gasteiger partial charge in [-0.05, 0) is 36.4 Å². The molecule has 26 heavy (non-hydrogen) atoms. The van der Waals surface area contributed by atoms with Crippen molar-refractivity contribution in [2.24, 2.45) is 0 Å². The molecule has 2 heterocycles. The lowest BCUT2D eigenvalue weighted by Crippen LogP contribution is -2.20. The topological polar surface area (TPSA) is 110 Å². The summed E-state index contributed by atoms with van der Waals surface area (Å²) in [5.74, 6) is -0.709. The van der Waals surface area contributed by atoms with E-state index in [-0.39, 0.29) is 5.76 Å². The number of hydrogen-bond donors (Lipinski definition) is 1. The summed E-state index contributed by atoms with van der Waals surface area (Å²) in [7, 11) is 0. The Morgan fingerprint density at radius 3 is 2.92 bits per heavy atom. The molecule has 0 aliphatic carbocycles. The van der Waals surface area contributed by atoms with E-state index in [9.17, 15) is 9.59 Å². The average Bonchev–Trinajstić information content (AvgIpc) is 3.32. The highest BCUT2D eigenvalue weighted by molar-refractivity contribution is 5.94. The zero-order valence-electron chi connectivity index (χ0n) is 13.6. The summed E-state index contributed by atoms with van der Waals surface area (Å²) in [6, 6.07) is 13.3. The Bertz CT molecular complexity index is 954. The maximum atomic E-state index is 12.0. The fourth-order valence-electron chi connectivity index (χ4n) is 2.19. The summed E-state index contributed by atoms with van der Waals surface area (Å²) < 4.78 is 12.0. The van der Waals surface area contributed by atoms with Gasteiger partial charge in [0.25, 0.3) is 5.91 Å². The monoisotopic (exact) mass is 350 g/mol. The smallest absolute Gasteiger partial charge is 0.374 e. The first-order chi connectivity index (χ1) is 12.6. The van der Waals surface area contributed by atoms with Crippen LogP contribution in [0, 0.1) is 11.3 Å². The highest BCUT2D eigenvalue weighted by Gasteiger charge is 2.15. The van der Waals surface area contributed by atoms with Crippen LogP contribution in [-0.4, -0.2) is 28.3 Å². The van der Waals surface area contributed by atoms with Crippen LogP contribution in [0.4, 0.5) is 5.69 Å². The lowest BCUT2D eigenvalue weighted by atomic mass is 10.2. The number of carbonyl (C=O) groups is 2. The minimum Gasteiger partial charge on any atom is -0.452 e. The number of nitrogens with zero attached hydrogens (tertiary/aromatic N) is 3. The molecule has 0 radical (unpaired) electrons. The van der Waals surface area contributed by atoms with Crippen LogP contribution in [0.1, 0.15) is 21.9 Å². The van der Waals surface area contributed by atoms with Crippen LogP contribution < -0.4 is 5.32 Å². The number of rotatable bonds is 6. The van der Waals surface area contributed by atoms with Crippen LogP contribution in [-0.2, 0) is 16.1 Å². The van der Waals surface area contributed by atoms with Gasteiger partial charge in [0.2, 0.25) is 5.76 Å². The third-order valence-corrected chi connectivity index (χ3v) is 3.35. The van der Waals surface area contributed by atoms with Crippen molar-refractivity contribution in [3.8, 4) is 6.07 Å². The Balaban J connectivity index is 1.51. The fraction of sp³-hybridized carbons (Fsp3) is 0.111. The Morgan fingerprint density at radius 2 is 2.15 bits per heavy atom. The van der Waals surface area contributed by atoms with E-state index in [0.29, 0.717) is 23.6 Å². The van der Waals surface area contributed by atoms with Crippen LogP contribution in [0.5, 0.6) is 0 Å². The first-order valence-electron chi connectivity index (χ1n) is 7.67. The molecule has 130 valence electrons. The summed E-state index contributed by atoms with van der Waals surface area (Å²) in [6.07, 6.45) is 3.41. The van der Waals surface area contributed by atoms with E-state index < -0.39 is 18.5 Å². The number of ether oxygens (including phenoxy) is 1. The molecule has 0 atom stereocenters. The SMILES string of the molecule is N#Cc1cccc(NC(=O)COC(=O)c2ccc(Cn3cccn3)o2)c1. The molecule has 1 aromatic carbocycles. The van der Waals surface area contributed by atoms with Gasteiger partial charge in [-0.25, -0.2) is 4.79 Å². The van der Waals surface area contributed by atoms with Crippen LogP contribution in [0.25, 0.3) is 0 Å². The summed E-state index contributed by atoms with van der Waals surface area (Å²) in [5.41, 5.74) is 0.865. The largest absolute Gasteiger partial charge is 0.452 e. The highest BCUT2D eigenvalue weighted by atomic mass is 16.5. The van der Waals surface area contributed by atoms with E-state index in [2.05, 4.69) is 10.4 Å². The molecule has 0 spiro atoms. The van der Waals surface area contributed by atoms with Gasteiger partial charge in [0.05, 0.1) is 18.2 Å². The number of furan rings is 1. The number of aromatic nitrogens is 2. The zero-order valence-corrected chi connectivity index (χ0v) is 13.6. The number of carbonyl (C=O) groups excluding carboxylic acids is 2. The Morgan fingerprint density at radius 1 is 1.27 bits per heavy atom. The van der Waals surface area contributed by atoms with Crippen LogP contribution in [0.3, 0.4) is 0 Å².